The van der Waals surface area contributed by atoms with Gasteiger partial charge >= 0.3 is 5.97 Å². The Kier molecular flexibility index (Phi) is 6.49. The van der Waals surface area contributed by atoms with Gasteiger partial charge in [0.1, 0.15) is 6.04 Å². The van der Waals surface area contributed by atoms with E-state index in [0.29, 0.717) is 23.2 Å². The maximum Gasteiger partial charge on any atom is 0.326 e. The molecule has 3 N–H and O–H groups in total. The molecular weight excluding hydrogens is 332 g/mol. The van der Waals surface area contributed by atoms with E-state index in [-0.39, 0.29) is 11.8 Å². The summed E-state index contributed by atoms with van der Waals surface area (Å²) in [4.78, 5) is 35.7. The van der Waals surface area contributed by atoms with Gasteiger partial charge in [-0.25, -0.2) is 4.79 Å². The Labute approximate surface area is 152 Å². The van der Waals surface area contributed by atoms with Crippen LogP contribution < -0.4 is 10.6 Å². The molecule has 0 heterocycles. The van der Waals surface area contributed by atoms with Crippen molar-refractivity contribution in [3.05, 3.63) is 65.7 Å². The zero-order valence-corrected chi connectivity index (χ0v) is 14.7. The minimum Gasteiger partial charge on any atom is -0.480 e. The van der Waals surface area contributed by atoms with E-state index in [1.807, 2.05) is 13.0 Å². The lowest BCUT2D eigenvalue weighted by Gasteiger charge is -2.20. The first-order chi connectivity index (χ1) is 12.4. The fourth-order valence-corrected chi connectivity index (χ4v) is 2.41. The molecule has 0 spiro atoms. The third kappa shape index (κ3) is 4.92. The molecular formula is C20H22N2O4. The van der Waals surface area contributed by atoms with Crippen molar-refractivity contribution in [2.24, 2.45) is 5.92 Å². The second-order valence-corrected chi connectivity index (χ2v) is 6.07. The molecule has 0 saturated carbocycles. The lowest BCUT2D eigenvalue weighted by molar-refractivity contribution is -0.140. The molecule has 0 aliphatic heterocycles. The fourth-order valence-electron chi connectivity index (χ4n) is 2.41. The molecule has 0 radical (unpaired) electrons. The van der Waals surface area contributed by atoms with Crippen LogP contribution in [0.5, 0.6) is 0 Å². The number of carbonyl (C=O) groups is 3. The highest BCUT2D eigenvalue weighted by Gasteiger charge is 2.25. The number of hydrogen-bond acceptors (Lipinski definition) is 3. The molecule has 0 unspecified atom stereocenters. The maximum absolute atomic E-state index is 12.3. The van der Waals surface area contributed by atoms with Gasteiger partial charge in [0.2, 0.25) is 0 Å². The van der Waals surface area contributed by atoms with Crippen LogP contribution in [0.25, 0.3) is 0 Å². The molecule has 0 fully saturated rings. The summed E-state index contributed by atoms with van der Waals surface area (Å²) < 4.78 is 0. The largest absolute Gasteiger partial charge is 0.480 e. The summed E-state index contributed by atoms with van der Waals surface area (Å²) in [5, 5.41) is 14.5. The predicted molar refractivity (Wildman–Crippen MR) is 99.2 cm³/mol. The van der Waals surface area contributed by atoms with Crippen LogP contribution in [-0.4, -0.2) is 28.9 Å². The van der Waals surface area contributed by atoms with E-state index >= 15 is 0 Å². The van der Waals surface area contributed by atoms with E-state index in [1.54, 1.807) is 55.5 Å². The van der Waals surface area contributed by atoms with Crippen molar-refractivity contribution in [2.75, 3.05) is 5.32 Å². The topological polar surface area (TPSA) is 95.5 Å². The zero-order valence-electron chi connectivity index (χ0n) is 14.7. The van der Waals surface area contributed by atoms with E-state index < -0.39 is 17.9 Å². The van der Waals surface area contributed by atoms with Gasteiger partial charge in [-0.15, -0.1) is 0 Å². The van der Waals surface area contributed by atoms with Gasteiger partial charge < -0.3 is 15.7 Å². The third-order valence-corrected chi connectivity index (χ3v) is 4.21. The van der Waals surface area contributed by atoms with E-state index in [9.17, 15) is 19.5 Å². The molecule has 0 aromatic heterocycles. The van der Waals surface area contributed by atoms with Crippen molar-refractivity contribution in [1.82, 2.24) is 5.32 Å². The summed E-state index contributed by atoms with van der Waals surface area (Å²) >= 11 is 0. The molecule has 6 nitrogen and oxygen atoms in total. The lowest BCUT2D eigenvalue weighted by atomic mass is 9.99. The number of benzene rings is 2. The number of amides is 2. The van der Waals surface area contributed by atoms with E-state index in [2.05, 4.69) is 10.6 Å². The predicted octanol–water partition coefficient (Wildman–Crippen LogP) is 3.17. The summed E-state index contributed by atoms with van der Waals surface area (Å²) in [7, 11) is 0. The van der Waals surface area contributed by atoms with Crippen LogP contribution >= 0.6 is 0 Å². The quantitative estimate of drug-likeness (QED) is 0.712. The van der Waals surface area contributed by atoms with Crippen LogP contribution in [0.1, 0.15) is 41.0 Å². The normalized spacial score (nSPS) is 12.7. The van der Waals surface area contributed by atoms with Gasteiger partial charge in [-0.05, 0) is 42.3 Å². The molecule has 6 heteroatoms. The maximum atomic E-state index is 12.3. The number of carboxylic acids is 1. The second kappa shape index (κ2) is 8.80. The van der Waals surface area contributed by atoms with E-state index in [1.165, 1.54) is 0 Å². The van der Waals surface area contributed by atoms with Crippen LogP contribution in [0.2, 0.25) is 0 Å². The minimum absolute atomic E-state index is 0.180. The van der Waals surface area contributed by atoms with Crippen LogP contribution in [-0.2, 0) is 4.79 Å². The van der Waals surface area contributed by atoms with Crippen molar-refractivity contribution in [3.63, 3.8) is 0 Å². The number of hydrogen-bond donors (Lipinski definition) is 3. The lowest BCUT2D eigenvalue weighted by Crippen LogP contribution is -2.45. The Morgan fingerprint density at radius 1 is 0.923 bits per heavy atom. The Morgan fingerprint density at radius 2 is 1.50 bits per heavy atom. The van der Waals surface area contributed by atoms with Gasteiger partial charge in [0.25, 0.3) is 11.8 Å². The summed E-state index contributed by atoms with van der Waals surface area (Å²) in [6.07, 6.45) is 0.641. The van der Waals surface area contributed by atoms with E-state index in [0.717, 1.165) is 0 Å². The van der Waals surface area contributed by atoms with E-state index in [4.69, 9.17) is 0 Å². The fraction of sp³-hybridized carbons (Fsp3) is 0.250. The van der Waals surface area contributed by atoms with Crippen molar-refractivity contribution in [3.8, 4) is 0 Å². The molecule has 2 atom stereocenters. The number of rotatable bonds is 7. The molecule has 0 bridgehead atoms. The minimum atomic E-state index is -1.06. The van der Waals surface area contributed by atoms with Gasteiger partial charge in [-0.3, -0.25) is 9.59 Å². The standard InChI is InChI=1S/C20H22N2O4/c1-3-13(2)17(20(25)26)22-19(24)15-9-11-16(12-10-15)21-18(23)14-7-5-4-6-8-14/h4-13,17H,3H2,1-2H3,(H,21,23)(H,22,24)(H,25,26)/t13-,17-/m0/s1. The Hall–Kier alpha value is -3.15. The average Bonchev–Trinajstić information content (AvgIpc) is 2.66. The van der Waals surface area contributed by atoms with Crippen molar-refractivity contribution in [2.45, 2.75) is 26.3 Å². The second-order valence-electron chi connectivity index (χ2n) is 6.07. The van der Waals surface area contributed by atoms with Crippen LogP contribution in [0.3, 0.4) is 0 Å². The summed E-state index contributed by atoms with van der Waals surface area (Å²) in [6, 6.07) is 14.2. The molecule has 2 rings (SSSR count). The summed E-state index contributed by atoms with van der Waals surface area (Å²) in [6.45, 7) is 3.65. The zero-order chi connectivity index (χ0) is 19.1. The van der Waals surface area contributed by atoms with Gasteiger partial charge in [-0.1, -0.05) is 38.5 Å². The van der Waals surface area contributed by atoms with Crippen LogP contribution in [0.4, 0.5) is 5.69 Å². The van der Waals surface area contributed by atoms with Crippen molar-refractivity contribution < 1.29 is 19.5 Å². The Morgan fingerprint density at radius 3 is 2.04 bits per heavy atom. The smallest absolute Gasteiger partial charge is 0.326 e. The first-order valence-electron chi connectivity index (χ1n) is 8.42. The number of anilines is 1. The van der Waals surface area contributed by atoms with Crippen molar-refractivity contribution >= 4 is 23.5 Å². The molecule has 2 aromatic rings. The highest BCUT2D eigenvalue weighted by molar-refractivity contribution is 6.04. The van der Waals surface area contributed by atoms with Crippen LogP contribution in [0.15, 0.2) is 54.6 Å². The van der Waals surface area contributed by atoms with Gasteiger partial charge in [0.05, 0.1) is 0 Å². The molecule has 0 aliphatic rings. The Bertz CT molecular complexity index is 772. The molecule has 26 heavy (non-hydrogen) atoms. The van der Waals surface area contributed by atoms with Crippen molar-refractivity contribution in [1.29, 1.82) is 0 Å². The highest BCUT2D eigenvalue weighted by Crippen LogP contribution is 2.13. The Balaban J connectivity index is 2.03. The molecule has 2 aromatic carbocycles. The first kappa shape index (κ1) is 19.2. The van der Waals surface area contributed by atoms with Gasteiger partial charge in [0.15, 0.2) is 0 Å². The van der Waals surface area contributed by atoms with Gasteiger partial charge in [-0.2, -0.15) is 0 Å². The van der Waals surface area contributed by atoms with Gasteiger partial charge in [0, 0.05) is 16.8 Å². The molecule has 136 valence electrons. The summed E-state index contributed by atoms with van der Waals surface area (Å²) in [5.41, 5.74) is 1.41. The monoisotopic (exact) mass is 354 g/mol. The molecule has 0 aliphatic carbocycles. The first-order valence-corrected chi connectivity index (χ1v) is 8.42. The highest BCUT2D eigenvalue weighted by atomic mass is 16.4. The van der Waals surface area contributed by atoms with Crippen LogP contribution in [0, 0.1) is 5.92 Å². The number of carboxylic acid groups (broad SMARTS) is 1. The third-order valence-electron chi connectivity index (χ3n) is 4.21. The SMILES string of the molecule is CC[C@H](C)[C@H](NC(=O)c1ccc(NC(=O)c2ccccc2)cc1)C(=O)O. The molecule has 2 amide bonds. The summed E-state index contributed by atoms with van der Waals surface area (Å²) in [5.74, 6) is -1.94. The number of carbonyl (C=O) groups excluding carboxylic acids is 2. The molecule has 0 saturated heterocycles. The number of aliphatic carboxylic acids is 1. The number of nitrogens with one attached hydrogen (secondary N) is 2. The average molecular weight is 354 g/mol.